The third-order valence-electron chi connectivity index (χ3n) is 3.09. The topological polar surface area (TPSA) is 15.3 Å². The van der Waals surface area contributed by atoms with Crippen LogP contribution < -0.4 is 5.32 Å². The van der Waals surface area contributed by atoms with E-state index in [0.29, 0.717) is 0 Å². The predicted octanol–water partition coefficient (Wildman–Crippen LogP) is 3.03. The average Bonchev–Trinajstić information content (AvgIpc) is 2.34. The number of hydrogen-bond donors (Lipinski definition) is 1. The third kappa shape index (κ3) is 4.94. The lowest BCUT2D eigenvalue weighted by molar-refractivity contribution is 0.302. The van der Waals surface area contributed by atoms with Gasteiger partial charge in [-0.2, -0.15) is 0 Å². The van der Waals surface area contributed by atoms with E-state index in [9.17, 15) is 0 Å². The van der Waals surface area contributed by atoms with Crippen LogP contribution in [0.15, 0.2) is 18.2 Å². The van der Waals surface area contributed by atoms with Crippen molar-refractivity contribution < 1.29 is 0 Å². The Balaban J connectivity index is 2.33. The van der Waals surface area contributed by atoms with Gasteiger partial charge in [0.05, 0.1) is 0 Å². The standard InChI is InChI=1S/C14H23IN2/c1-4-17(5-2)10-9-16-11-13-8-6-7-12(3)14(13)15/h6-8,16H,4-5,9-11H2,1-3H3. The Kier molecular flexibility index (Phi) is 7.08. The van der Waals surface area contributed by atoms with Crippen molar-refractivity contribution in [1.29, 1.82) is 0 Å². The molecule has 0 bridgehead atoms. The fourth-order valence-electron chi connectivity index (χ4n) is 1.84. The van der Waals surface area contributed by atoms with Crippen molar-refractivity contribution in [2.75, 3.05) is 26.2 Å². The van der Waals surface area contributed by atoms with E-state index in [1.165, 1.54) is 14.7 Å². The van der Waals surface area contributed by atoms with E-state index < -0.39 is 0 Å². The maximum Gasteiger partial charge on any atom is 0.0216 e. The molecule has 0 saturated heterocycles. The van der Waals surface area contributed by atoms with Crippen LogP contribution in [0.4, 0.5) is 0 Å². The molecule has 0 spiro atoms. The van der Waals surface area contributed by atoms with Gasteiger partial charge in [0.2, 0.25) is 0 Å². The molecule has 1 rings (SSSR count). The van der Waals surface area contributed by atoms with Crippen LogP contribution in [0.2, 0.25) is 0 Å². The minimum Gasteiger partial charge on any atom is -0.311 e. The van der Waals surface area contributed by atoms with Crippen molar-refractivity contribution in [3.8, 4) is 0 Å². The quantitative estimate of drug-likeness (QED) is 0.603. The summed E-state index contributed by atoms with van der Waals surface area (Å²) in [5.41, 5.74) is 2.78. The molecule has 0 aliphatic heterocycles. The summed E-state index contributed by atoms with van der Waals surface area (Å²) in [5.74, 6) is 0. The lowest BCUT2D eigenvalue weighted by Crippen LogP contribution is -2.31. The van der Waals surface area contributed by atoms with Gasteiger partial charge < -0.3 is 10.2 Å². The molecule has 0 atom stereocenters. The zero-order chi connectivity index (χ0) is 12.7. The maximum atomic E-state index is 3.52. The van der Waals surface area contributed by atoms with E-state index in [-0.39, 0.29) is 0 Å². The molecule has 0 saturated carbocycles. The van der Waals surface area contributed by atoms with Gasteiger partial charge in [-0.1, -0.05) is 32.0 Å². The van der Waals surface area contributed by atoms with Crippen LogP contribution in [0.3, 0.4) is 0 Å². The molecule has 0 fully saturated rings. The average molecular weight is 346 g/mol. The van der Waals surface area contributed by atoms with Gasteiger partial charge in [0.25, 0.3) is 0 Å². The molecule has 0 aromatic heterocycles. The van der Waals surface area contributed by atoms with Gasteiger partial charge >= 0.3 is 0 Å². The Morgan fingerprint density at radius 1 is 1.24 bits per heavy atom. The summed E-state index contributed by atoms with van der Waals surface area (Å²) in [6, 6.07) is 6.51. The highest BCUT2D eigenvalue weighted by atomic mass is 127. The van der Waals surface area contributed by atoms with E-state index in [2.05, 4.69) is 71.8 Å². The van der Waals surface area contributed by atoms with Crippen LogP contribution >= 0.6 is 22.6 Å². The molecule has 0 aliphatic rings. The van der Waals surface area contributed by atoms with Crippen molar-refractivity contribution in [1.82, 2.24) is 10.2 Å². The summed E-state index contributed by atoms with van der Waals surface area (Å²) in [5, 5.41) is 3.52. The number of rotatable bonds is 7. The van der Waals surface area contributed by atoms with Gasteiger partial charge in [0.15, 0.2) is 0 Å². The largest absolute Gasteiger partial charge is 0.311 e. The van der Waals surface area contributed by atoms with Crippen LogP contribution in [-0.4, -0.2) is 31.1 Å². The van der Waals surface area contributed by atoms with Crippen LogP contribution in [0.5, 0.6) is 0 Å². The molecule has 1 N–H and O–H groups in total. The van der Waals surface area contributed by atoms with Gasteiger partial charge in [-0.25, -0.2) is 0 Å². The third-order valence-corrected chi connectivity index (χ3v) is 4.63. The fourth-order valence-corrected chi connectivity index (χ4v) is 2.40. The Morgan fingerprint density at radius 2 is 1.94 bits per heavy atom. The molecule has 1 aromatic rings. The molecule has 0 aliphatic carbocycles. The lowest BCUT2D eigenvalue weighted by Gasteiger charge is -2.18. The second-order valence-electron chi connectivity index (χ2n) is 4.25. The van der Waals surface area contributed by atoms with E-state index >= 15 is 0 Å². The SMILES string of the molecule is CCN(CC)CCNCc1cccc(C)c1I. The van der Waals surface area contributed by atoms with Crippen molar-refractivity contribution in [3.63, 3.8) is 0 Å². The van der Waals surface area contributed by atoms with Gasteiger partial charge in [-0.3, -0.25) is 0 Å². The zero-order valence-corrected chi connectivity index (χ0v) is 13.3. The molecule has 0 heterocycles. The molecule has 1 aromatic carbocycles. The van der Waals surface area contributed by atoms with Crippen LogP contribution in [0.25, 0.3) is 0 Å². The Hall–Kier alpha value is -0.130. The molecule has 0 unspecified atom stereocenters. The summed E-state index contributed by atoms with van der Waals surface area (Å²) in [6.45, 7) is 12.0. The molecule has 0 amide bonds. The minimum absolute atomic E-state index is 0.973. The van der Waals surface area contributed by atoms with Crippen LogP contribution in [0.1, 0.15) is 25.0 Å². The van der Waals surface area contributed by atoms with Gasteiger partial charge in [-0.15, -0.1) is 0 Å². The van der Waals surface area contributed by atoms with Gasteiger partial charge in [0.1, 0.15) is 0 Å². The summed E-state index contributed by atoms with van der Waals surface area (Å²) in [6.07, 6.45) is 0. The zero-order valence-electron chi connectivity index (χ0n) is 11.1. The molecular formula is C14H23IN2. The monoisotopic (exact) mass is 346 g/mol. The Morgan fingerprint density at radius 3 is 2.59 bits per heavy atom. The lowest BCUT2D eigenvalue weighted by atomic mass is 10.1. The Bertz CT molecular complexity index is 335. The molecular weight excluding hydrogens is 323 g/mol. The maximum absolute atomic E-state index is 3.52. The molecule has 2 nitrogen and oxygen atoms in total. The number of nitrogens with zero attached hydrogens (tertiary/aromatic N) is 1. The second-order valence-corrected chi connectivity index (χ2v) is 5.33. The number of halogens is 1. The van der Waals surface area contributed by atoms with Crippen molar-refractivity contribution in [2.24, 2.45) is 0 Å². The van der Waals surface area contributed by atoms with E-state index in [1.807, 2.05) is 0 Å². The highest BCUT2D eigenvalue weighted by molar-refractivity contribution is 14.1. The minimum atomic E-state index is 0.973. The number of aryl methyl sites for hydroxylation is 1. The van der Waals surface area contributed by atoms with Crippen LogP contribution in [0, 0.1) is 10.5 Å². The predicted molar refractivity (Wildman–Crippen MR) is 83.4 cm³/mol. The first kappa shape index (κ1) is 14.9. The first-order valence-electron chi connectivity index (χ1n) is 6.36. The van der Waals surface area contributed by atoms with Gasteiger partial charge in [0, 0.05) is 23.2 Å². The van der Waals surface area contributed by atoms with E-state index in [1.54, 1.807) is 0 Å². The van der Waals surface area contributed by atoms with E-state index in [0.717, 1.165) is 32.7 Å². The normalized spacial score (nSPS) is 11.1. The number of benzene rings is 1. The fraction of sp³-hybridized carbons (Fsp3) is 0.571. The molecule has 3 heteroatoms. The summed E-state index contributed by atoms with van der Waals surface area (Å²) in [7, 11) is 0. The number of hydrogen-bond acceptors (Lipinski definition) is 2. The second kappa shape index (κ2) is 8.06. The highest BCUT2D eigenvalue weighted by Gasteiger charge is 2.02. The summed E-state index contributed by atoms with van der Waals surface area (Å²) >= 11 is 2.43. The Labute approximate surface area is 119 Å². The smallest absolute Gasteiger partial charge is 0.0216 e. The van der Waals surface area contributed by atoms with Crippen LogP contribution in [-0.2, 0) is 6.54 Å². The number of nitrogens with one attached hydrogen (secondary N) is 1. The molecule has 96 valence electrons. The van der Waals surface area contributed by atoms with Crippen molar-refractivity contribution in [3.05, 3.63) is 32.9 Å². The van der Waals surface area contributed by atoms with Crippen molar-refractivity contribution >= 4 is 22.6 Å². The highest BCUT2D eigenvalue weighted by Crippen LogP contribution is 2.16. The van der Waals surface area contributed by atoms with E-state index in [4.69, 9.17) is 0 Å². The molecule has 0 radical (unpaired) electrons. The van der Waals surface area contributed by atoms with Crippen molar-refractivity contribution in [2.45, 2.75) is 27.3 Å². The summed E-state index contributed by atoms with van der Waals surface area (Å²) < 4.78 is 1.39. The summed E-state index contributed by atoms with van der Waals surface area (Å²) in [4.78, 5) is 2.44. The molecule has 17 heavy (non-hydrogen) atoms. The first-order valence-corrected chi connectivity index (χ1v) is 7.44. The first-order chi connectivity index (χ1) is 8.19. The number of likely N-dealkylation sites (N-methyl/N-ethyl adjacent to an activating group) is 1. The van der Waals surface area contributed by atoms with Gasteiger partial charge in [-0.05, 0) is 53.7 Å².